The molecule has 0 saturated carbocycles. The predicted molar refractivity (Wildman–Crippen MR) is 138 cm³/mol. The van der Waals surface area contributed by atoms with Crippen molar-refractivity contribution in [3.63, 3.8) is 0 Å². The first kappa shape index (κ1) is 26.6. The number of benzene rings is 1. The number of ether oxygens (including phenoxy) is 1. The highest BCUT2D eigenvalue weighted by Crippen LogP contribution is 2.25. The van der Waals surface area contributed by atoms with E-state index in [1.54, 1.807) is 4.68 Å². The van der Waals surface area contributed by atoms with Crippen LogP contribution < -0.4 is 4.74 Å². The summed E-state index contributed by atoms with van der Waals surface area (Å²) in [6, 6.07) is 9.11. The summed E-state index contributed by atoms with van der Waals surface area (Å²) >= 11 is 0. The van der Waals surface area contributed by atoms with E-state index in [-0.39, 0.29) is 11.7 Å². The first-order valence-electron chi connectivity index (χ1n) is 13.3. The van der Waals surface area contributed by atoms with E-state index in [1.165, 1.54) is 6.07 Å². The number of pyridine rings is 1. The van der Waals surface area contributed by atoms with E-state index in [2.05, 4.69) is 19.9 Å². The highest BCUT2D eigenvalue weighted by molar-refractivity contribution is 6.08. The van der Waals surface area contributed by atoms with Gasteiger partial charge in [0.15, 0.2) is 12.4 Å². The maximum atomic E-state index is 13.0. The molecule has 2 aliphatic heterocycles. The van der Waals surface area contributed by atoms with E-state index >= 15 is 0 Å². The Morgan fingerprint density at radius 3 is 2.63 bits per heavy atom. The van der Waals surface area contributed by atoms with Gasteiger partial charge in [-0.25, -0.2) is 4.98 Å². The Morgan fingerprint density at radius 2 is 1.84 bits per heavy atom. The van der Waals surface area contributed by atoms with Crippen molar-refractivity contribution >= 4 is 16.7 Å². The Morgan fingerprint density at radius 1 is 1.05 bits per heavy atom. The van der Waals surface area contributed by atoms with Crippen molar-refractivity contribution < 1.29 is 22.7 Å². The molecule has 204 valence electrons. The van der Waals surface area contributed by atoms with Crippen molar-refractivity contribution in [3.8, 4) is 5.88 Å². The average Bonchev–Trinajstić information content (AvgIpc) is 3.16. The van der Waals surface area contributed by atoms with Gasteiger partial charge in [-0.15, -0.1) is 0 Å². The van der Waals surface area contributed by atoms with Crippen LogP contribution in [0.2, 0.25) is 0 Å². The van der Waals surface area contributed by atoms with Crippen molar-refractivity contribution in [2.45, 2.75) is 38.3 Å². The minimum absolute atomic E-state index is 0.0388. The van der Waals surface area contributed by atoms with Crippen LogP contribution in [0.4, 0.5) is 13.2 Å². The molecular formula is C28H34F3N5O2. The van der Waals surface area contributed by atoms with Gasteiger partial charge in [0.05, 0.1) is 12.1 Å². The van der Waals surface area contributed by atoms with Crippen molar-refractivity contribution in [2.75, 3.05) is 45.9 Å². The normalized spacial score (nSPS) is 17.9. The molecule has 1 saturated heterocycles. The Hall–Kier alpha value is -2.98. The molecule has 0 bridgehead atoms. The van der Waals surface area contributed by atoms with Gasteiger partial charge in [-0.3, -0.25) is 14.4 Å². The Balaban J connectivity index is 1.06. The lowest BCUT2D eigenvalue weighted by Gasteiger charge is -2.32. The van der Waals surface area contributed by atoms with Crippen LogP contribution in [0, 0.1) is 5.92 Å². The van der Waals surface area contributed by atoms with Gasteiger partial charge in [-0.2, -0.15) is 18.3 Å². The third-order valence-corrected chi connectivity index (χ3v) is 7.68. The molecule has 5 rings (SSSR count). The number of hydrogen-bond donors (Lipinski definition) is 0. The van der Waals surface area contributed by atoms with Gasteiger partial charge < -0.3 is 9.64 Å². The highest BCUT2D eigenvalue weighted by Gasteiger charge is 2.29. The molecule has 38 heavy (non-hydrogen) atoms. The molecule has 1 aromatic carbocycles. The summed E-state index contributed by atoms with van der Waals surface area (Å²) in [5, 5.41) is 5.32. The number of ketones is 1. The molecule has 4 heterocycles. The van der Waals surface area contributed by atoms with Crippen LogP contribution >= 0.6 is 0 Å². The van der Waals surface area contributed by atoms with Crippen LogP contribution in [0.3, 0.4) is 0 Å². The standard InChI is InChI=1S/C28H34F3N5O2/c1-34-17-23-22(3-2-4-25(23)33-34)26(37)18-36-13-8-20(9-14-36)7-12-35-15-10-21-5-6-27(32-24(21)11-16-35)38-19-28(29,30)31/h2-6,17,20H,7-16,18-19H2,1H3. The third kappa shape index (κ3) is 6.71. The lowest BCUT2D eigenvalue weighted by Crippen LogP contribution is -2.38. The molecule has 10 heteroatoms. The Labute approximate surface area is 220 Å². The maximum absolute atomic E-state index is 13.0. The summed E-state index contributed by atoms with van der Waals surface area (Å²) in [6.07, 6.45) is 2.37. The number of alkyl halides is 3. The van der Waals surface area contributed by atoms with Gasteiger partial charge in [0, 0.05) is 55.5 Å². The summed E-state index contributed by atoms with van der Waals surface area (Å²) in [6.45, 7) is 3.73. The number of piperidine rings is 1. The van der Waals surface area contributed by atoms with E-state index in [1.807, 2.05) is 37.5 Å². The fourth-order valence-electron chi connectivity index (χ4n) is 5.56. The van der Waals surface area contributed by atoms with Gasteiger partial charge >= 0.3 is 6.18 Å². The molecule has 0 atom stereocenters. The third-order valence-electron chi connectivity index (χ3n) is 7.68. The number of Topliss-reactive ketones (excluding diaryl/α,β-unsaturated/α-hetero) is 1. The summed E-state index contributed by atoms with van der Waals surface area (Å²) in [4.78, 5) is 22.1. The number of rotatable bonds is 8. The van der Waals surface area contributed by atoms with Crippen LogP contribution in [0.15, 0.2) is 36.5 Å². The monoisotopic (exact) mass is 529 g/mol. The molecule has 2 aromatic heterocycles. The number of carbonyl (C=O) groups excluding carboxylic acids is 1. The van der Waals surface area contributed by atoms with Crippen molar-refractivity contribution in [1.29, 1.82) is 0 Å². The van der Waals surface area contributed by atoms with E-state index in [0.29, 0.717) is 18.9 Å². The molecule has 1 fully saturated rings. The molecule has 0 radical (unpaired) electrons. The van der Waals surface area contributed by atoms with E-state index in [4.69, 9.17) is 4.74 Å². The van der Waals surface area contributed by atoms with Crippen molar-refractivity contribution in [3.05, 3.63) is 53.3 Å². The number of nitrogens with zero attached hydrogens (tertiary/aromatic N) is 5. The number of likely N-dealkylation sites (tertiary alicyclic amines) is 1. The van der Waals surface area contributed by atoms with Gasteiger partial charge in [0.1, 0.15) is 0 Å². The van der Waals surface area contributed by atoms with Crippen molar-refractivity contribution in [2.24, 2.45) is 13.0 Å². The lowest BCUT2D eigenvalue weighted by molar-refractivity contribution is -0.154. The smallest absolute Gasteiger partial charge is 0.422 e. The Kier molecular flexibility index (Phi) is 7.99. The average molecular weight is 530 g/mol. The SMILES string of the molecule is Cn1cc2c(C(=O)CN3CCC(CCN4CCc5ccc(OCC(F)(F)F)nc5CC4)CC3)cccc2n1. The molecule has 0 amide bonds. The van der Waals surface area contributed by atoms with Crippen LogP contribution in [-0.4, -0.2) is 82.4 Å². The predicted octanol–water partition coefficient (Wildman–Crippen LogP) is 4.30. The fourth-order valence-corrected chi connectivity index (χ4v) is 5.56. The van der Waals surface area contributed by atoms with Gasteiger partial charge in [0.2, 0.25) is 5.88 Å². The topological polar surface area (TPSA) is 63.5 Å². The second-order valence-corrected chi connectivity index (χ2v) is 10.5. The second kappa shape index (κ2) is 11.4. The maximum Gasteiger partial charge on any atom is 0.422 e. The Bertz CT molecular complexity index is 1270. The highest BCUT2D eigenvalue weighted by atomic mass is 19.4. The summed E-state index contributed by atoms with van der Waals surface area (Å²) in [7, 11) is 1.87. The van der Waals surface area contributed by atoms with E-state index in [9.17, 15) is 18.0 Å². The largest absolute Gasteiger partial charge is 0.468 e. The van der Waals surface area contributed by atoms with Crippen molar-refractivity contribution in [1.82, 2.24) is 24.6 Å². The number of hydrogen-bond acceptors (Lipinski definition) is 6. The first-order chi connectivity index (χ1) is 18.2. The summed E-state index contributed by atoms with van der Waals surface area (Å²) < 4.78 is 43.9. The number of carbonyl (C=O) groups is 1. The van der Waals surface area contributed by atoms with Gasteiger partial charge in [-0.05, 0) is 62.9 Å². The van der Waals surface area contributed by atoms with Crippen LogP contribution in [0.25, 0.3) is 10.9 Å². The number of halogens is 3. The van der Waals surface area contributed by atoms with Crippen LogP contribution in [-0.2, 0) is 19.9 Å². The molecule has 3 aromatic rings. The number of fused-ring (bicyclic) bond motifs is 2. The summed E-state index contributed by atoms with van der Waals surface area (Å²) in [5.74, 6) is 0.817. The summed E-state index contributed by atoms with van der Waals surface area (Å²) in [5.41, 5.74) is 3.52. The molecule has 0 aliphatic carbocycles. The molecule has 0 spiro atoms. The lowest BCUT2D eigenvalue weighted by atomic mass is 9.93. The quantitative estimate of drug-likeness (QED) is 0.406. The molecular weight excluding hydrogens is 495 g/mol. The van der Waals surface area contributed by atoms with Gasteiger partial charge in [0.25, 0.3) is 0 Å². The molecule has 0 N–H and O–H groups in total. The zero-order valence-electron chi connectivity index (χ0n) is 21.7. The molecule has 2 aliphatic rings. The van der Waals surface area contributed by atoms with Crippen LogP contribution in [0.5, 0.6) is 5.88 Å². The van der Waals surface area contributed by atoms with E-state index in [0.717, 1.165) is 86.1 Å². The zero-order chi connectivity index (χ0) is 26.7. The van der Waals surface area contributed by atoms with Crippen LogP contribution in [0.1, 0.15) is 40.9 Å². The second-order valence-electron chi connectivity index (χ2n) is 10.5. The molecule has 7 nitrogen and oxygen atoms in total. The van der Waals surface area contributed by atoms with Gasteiger partial charge in [-0.1, -0.05) is 18.2 Å². The number of aryl methyl sites for hydroxylation is 1. The number of aromatic nitrogens is 3. The minimum atomic E-state index is -4.37. The molecule has 0 unspecified atom stereocenters. The van der Waals surface area contributed by atoms with E-state index < -0.39 is 12.8 Å². The zero-order valence-corrected chi connectivity index (χ0v) is 21.7. The first-order valence-corrected chi connectivity index (χ1v) is 13.3. The minimum Gasteiger partial charge on any atom is -0.468 e. The fraction of sp³-hybridized carbons (Fsp3) is 0.536.